The first-order valence-corrected chi connectivity index (χ1v) is 3.37. The third-order valence-electron chi connectivity index (χ3n) is 1.43. The van der Waals surface area contributed by atoms with Crippen molar-refractivity contribution in [1.82, 2.24) is 9.78 Å². The first kappa shape index (κ1) is 7.94. The Labute approximate surface area is 64.1 Å². The fourth-order valence-corrected chi connectivity index (χ4v) is 0.773. The Balaban J connectivity index is 2.96. The van der Waals surface area contributed by atoms with Crippen molar-refractivity contribution in [2.24, 2.45) is 7.05 Å². The topological polar surface area (TPSA) is 55.1 Å². The van der Waals surface area contributed by atoms with E-state index in [0.717, 1.165) is 5.56 Å². The van der Waals surface area contributed by atoms with Gasteiger partial charge in [-0.25, -0.2) is 4.68 Å². The van der Waals surface area contributed by atoms with Gasteiger partial charge >= 0.3 is 0 Å². The molecule has 0 unspecified atom stereocenters. The van der Waals surface area contributed by atoms with Gasteiger partial charge in [-0.05, 0) is 12.0 Å². The van der Waals surface area contributed by atoms with Crippen molar-refractivity contribution in [3.63, 3.8) is 0 Å². The molecule has 1 aromatic rings. The number of aryl methyl sites for hydroxylation is 1. The number of aromatic nitrogens is 2. The molecule has 0 radical (unpaired) electrons. The fourth-order valence-electron chi connectivity index (χ4n) is 0.773. The first-order chi connectivity index (χ1) is 5.24. The second kappa shape index (κ2) is 3.30. The molecule has 4 nitrogen and oxygen atoms in total. The number of rotatable bonds is 2. The highest BCUT2D eigenvalue weighted by Gasteiger charge is 1.94. The van der Waals surface area contributed by atoms with Gasteiger partial charge in [-0.2, -0.15) is 5.10 Å². The molecule has 60 valence electrons. The fraction of sp³-hybridized carbons (Fsp3) is 0.429. The van der Waals surface area contributed by atoms with Crippen LogP contribution in [-0.2, 0) is 13.5 Å². The summed E-state index contributed by atoms with van der Waals surface area (Å²) in [6.07, 6.45) is 2.07. The van der Waals surface area contributed by atoms with Gasteiger partial charge in [0.25, 0.3) is 5.56 Å². The van der Waals surface area contributed by atoms with Crippen LogP contribution in [0.2, 0.25) is 0 Å². The van der Waals surface area contributed by atoms with E-state index in [9.17, 15) is 4.79 Å². The molecule has 0 amide bonds. The Morgan fingerprint density at radius 1 is 1.73 bits per heavy atom. The molecule has 0 saturated heterocycles. The van der Waals surface area contributed by atoms with E-state index >= 15 is 0 Å². The Kier molecular flexibility index (Phi) is 2.38. The second-order valence-electron chi connectivity index (χ2n) is 2.30. The molecule has 0 saturated carbocycles. The number of hydrogen-bond donors (Lipinski definition) is 1. The maximum Gasteiger partial charge on any atom is 0.266 e. The van der Waals surface area contributed by atoms with Gasteiger partial charge in [-0.15, -0.1) is 0 Å². The number of hydrogen-bond acceptors (Lipinski definition) is 3. The molecule has 0 fully saturated rings. The summed E-state index contributed by atoms with van der Waals surface area (Å²) in [5.41, 5.74) is 0.631. The van der Waals surface area contributed by atoms with Crippen molar-refractivity contribution < 1.29 is 5.11 Å². The Hall–Kier alpha value is -1.16. The van der Waals surface area contributed by atoms with E-state index in [1.54, 1.807) is 13.2 Å². The largest absolute Gasteiger partial charge is 0.396 e. The van der Waals surface area contributed by atoms with Crippen molar-refractivity contribution >= 4 is 0 Å². The summed E-state index contributed by atoms with van der Waals surface area (Å²) in [5.74, 6) is 0. The van der Waals surface area contributed by atoms with Gasteiger partial charge in [-0.1, -0.05) is 0 Å². The van der Waals surface area contributed by atoms with Crippen molar-refractivity contribution in [2.75, 3.05) is 6.61 Å². The van der Waals surface area contributed by atoms with Crippen LogP contribution < -0.4 is 5.56 Å². The Morgan fingerprint density at radius 2 is 2.45 bits per heavy atom. The van der Waals surface area contributed by atoms with Crippen molar-refractivity contribution in [1.29, 1.82) is 0 Å². The number of aliphatic hydroxyl groups is 1. The monoisotopic (exact) mass is 154 g/mol. The van der Waals surface area contributed by atoms with Crippen LogP contribution in [0.1, 0.15) is 5.56 Å². The summed E-state index contributed by atoms with van der Waals surface area (Å²) in [4.78, 5) is 10.9. The first-order valence-electron chi connectivity index (χ1n) is 3.37. The quantitative estimate of drug-likeness (QED) is 0.613. The van der Waals surface area contributed by atoms with Crippen LogP contribution in [0.4, 0.5) is 0 Å². The van der Waals surface area contributed by atoms with E-state index < -0.39 is 0 Å². The molecular formula is C7H10N2O2. The summed E-state index contributed by atoms with van der Waals surface area (Å²) in [6, 6.07) is 1.48. The second-order valence-corrected chi connectivity index (χ2v) is 2.30. The molecular weight excluding hydrogens is 144 g/mol. The minimum atomic E-state index is -0.143. The SMILES string of the molecule is Cn1ncc(CCO)cc1=O. The number of aliphatic hydroxyl groups excluding tert-OH is 1. The lowest BCUT2D eigenvalue weighted by Crippen LogP contribution is -2.19. The Morgan fingerprint density at radius 3 is 3.00 bits per heavy atom. The minimum Gasteiger partial charge on any atom is -0.396 e. The van der Waals surface area contributed by atoms with Crippen LogP contribution >= 0.6 is 0 Å². The zero-order valence-electron chi connectivity index (χ0n) is 6.32. The molecule has 4 heteroatoms. The predicted molar refractivity (Wildman–Crippen MR) is 40.3 cm³/mol. The lowest BCUT2D eigenvalue weighted by Gasteiger charge is -1.97. The minimum absolute atomic E-state index is 0.0504. The molecule has 0 atom stereocenters. The summed E-state index contributed by atoms with van der Waals surface area (Å²) in [7, 11) is 1.59. The van der Waals surface area contributed by atoms with Gasteiger partial charge in [0.15, 0.2) is 0 Å². The Bertz CT molecular complexity index is 293. The van der Waals surface area contributed by atoms with Gasteiger partial charge < -0.3 is 5.11 Å². The standard InChI is InChI=1S/C7H10N2O2/c1-9-7(11)4-6(2-3-10)5-8-9/h4-5,10H,2-3H2,1H3. The van der Waals surface area contributed by atoms with Gasteiger partial charge in [0.2, 0.25) is 0 Å². The average Bonchev–Trinajstić information content (AvgIpc) is 1.98. The normalized spacial score (nSPS) is 10.0. The van der Waals surface area contributed by atoms with E-state index in [1.807, 2.05) is 0 Å². The number of nitrogens with zero attached hydrogens (tertiary/aromatic N) is 2. The highest BCUT2D eigenvalue weighted by molar-refractivity contribution is 5.05. The predicted octanol–water partition coefficient (Wildman–Crippen LogP) is -0.685. The summed E-state index contributed by atoms with van der Waals surface area (Å²) in [5, 5.41) is 12.3. The molecule has 0 bridgehead atoms. The van der Waals surface area contributed by atoms with Crippen molar-refractivity contribution in [2.45, 2.75) is 6.42 Å². The van der Waals surface area contributed by atoms with Gasteiger partial charge in [0.1, 0.15) is 0 Å². The van der Waals surface area contributed by atoms with Crippen LogP contribution in [0, 0.1) is 0 Å². The molecule has 1 N–H and O–H groups in total. The highest BCUT2D eigenvalue weighted by Crippen LogP contribution is 1.90. The van der Waals surface area contributed by atoms with E-state index in [-0.39, 0.29) is 12.2 Å². The molecule has 0 aliphatic carbocycles. The van der Waals surface area contributed by atoms with Gasteiger partial charge in [0, 0.05) is 19.7 Å². The zero-order chi connectivity index (χ0) is 8.27. The van der Waals surface area contributed by atoms with E-state index in [4.69, 9.17) is 5.11 Å². The molecule has 0 aliphatic heterocycles. The van der Waals surface area contributed by atoms with Crippen molar-refractivity contribution in [3.05, 3.63) is 28.2 Å². The average molecular weight is 154 g/mol. The molecule has 1 heterocycles. The van der Waals surface area contributed by atoms with Crippen LogP contribution in [0.25, 0.3) is 0 Å². The molecule has 0 spiro atoms. The lowest BCUT2D eigenvalue weighted by atomic mass is 10.2. The van der Waals surface area contributed by atoms with Crippen LogP contribution in [0.15, 0.2) is 17.1 Å². The van der Waals surface area contributed by atoms with Gasteiger partial charge in [0.05, 0.1) is 6.20 Å². The zero-order valence-corrected chi connectivity index (χ0v) is 6.32. The molecule has 0 aromatic carbocycles. The summed E-state index contributed by atoms with van der Waals surface area (Å²) >= 11 is 0. The highest BCUT2D eigenvalue weighted by atomic mass is 16.3. The maximum atomic E-state index is 10.9. The molecule has 0 aliphatic rings. The summed E-state index contributed by atoms with van der Waals surface area (Å²) < 4.78 is 1.25. The van der Waals surface area contributed by atoms with Gasteiger partial charge in [-0.3, -0.25) is 4.79 Å². The van der Waals surface area contributed by atoms with E-state index in [1.165, 1.54) is 10.7 Å². The van der Waals surface area contributed by atoms with E-state index in [2.05, 4.69) is 5.10 Å². The third kappa shape index (κ3) is 1.88. The van der Waals surface area contributed by atoms with Crippen molar-refractivity contribution in [3.8, 4) is 0 Å². The lowest BCUT2D eigenvalue weighted by molar-refractivity contribution is 0.299. The molecule has 11 heavy (non-hydrogen) atoms. The molecule has 1 aromatic heterocycles. The van der Waals surface area contributed by atoms with Crippen LogP contribution in [0.5, 0.6) is 0 Å². The molecule has 1 rings (SSSR count). The van der Waals surface area contributed by atoms with Crippen LogP contribution in [-0.4, -0.2) is 21.5 Å². The van der Waals surface area contributed by atoms with E-state index in [0.29, 0.717) is 6.42 Å². The van der Waals surface area contributed by atoms with Crippen LogP contribution in [0.3, 0.4) is 0 Å². The maximum absolute atomic E-state index is 10.9. The third-order valence-corrected chi connectivity index (χ3v) is 1.43. The smallest absolute Gasteiger partial charge is 0.266 e. The summed E-state index contributed by atoms with van der Waals surface area (Å²) in [6.45, 7) is 0.0504.